The Balaban J connectivity index is 3.56. The molecule has 0 saturated heterocycles. The lowest BCUT2D eigenvalue weighted by molar-refractivity contribution is 1.14. The molecule has 0 aromatic rings. The molecule has 2 N–H and O–H groups in total. The summed E-state index contributed by atoms with van der Waals surface area (Å²) in [5.74, 6) is 2.38. The van der Waals surface area contributed by atoms with E-state index in [-0.39, 0.29) is 0 Å². The molecular weight excluding hydrogens is 86.1 g/mol. The molecule has 0 fully saturated rings. The van der Waals surface area contributed by atoms with Crippen LogP contribution in [0.4, 0.5) is 0 Å². The average Bonchev–Trinajstić information content (AvgIpc) is 1.68. The van der Waals surface area contributed by atoms with E-state index in [1.165, 1.54) is 0 Å². The third-order valence-electron chi connectivity index (χ3n) is 0.652. The van der Waals surface area contributed by atoms with Crippen LogP contribution in [0.3, 0.4) is 0 Å². The van der Waals surface area contributed by atoms with Gasteiger partial charge in [0.25, 0.3) is 0 Å². The number of rotatable bonds is 1. The van der Waals surface area contributed by atoms with Crippen molar-refractivity contribution in [1.82, 2.24) is 0 Å². The Morgan fingerprint density at radius 1 is 2.00 bits per heavy atom. The Hall–Kier alpha value is -0.740. The number of allylic oxidation sites excluding steroid dienone is 1. The summed E-state index contributed by atoms with van der Waals surface area (Å²) < 4.78 is 0. The average molecular weight is 95.1 g/mol. The highest BCUT2D eigenvalue weighted by Crippen LogP contribution is 1.82. The summed E-state index contributed by atoms with van der Waals surface area (Å²) in [6, 6.07) is 0. The zero-order valence-electron chi connectivity index (χ0n) is 4.44. The van der Waals surface area contributed by atoms with E-state index in [9.17, 15) is 0 Å². The Labute approximate surface area is 44.2 Å². The van der Waals surface area contributed by atoms with Gasteiger partial charge in [-0.1, -0.05) is 11.5 Å². The molecule has 0 unspecified atom stereocenters. The van der Waals surface area contributed by atoms with E-state index in [2.05, 4.69) is 5.92 Å². The first kappa shape index (κ1) is 6.26. The summed E-state index contributed by atoms with van der Waals surface area (Å²) in [7, 11) is 0. The molecule has 38 valence electrons. The van der Waals surface area contributed by atoms with Crippen molar-refractivity contribution in [3.63, 3.8) is 0 Å². The van der Waals surface area contributed by atoms with Crippen LogP contribution in [0.15, 0.2) is 11.6 Å². The second-order valence-corrected chi connectivity index (χ2v) is 1.36. The zero-order valence-corrected chi connectivity index (χ0v) is 4.44. The smallest absolute Gasteiger partial charge is 0.0143 e. The highest BCUT2D eigenvalue weighted by atomic mass is 14.5. The molecule has 0 aromatic heterocycles. The fourth-order valence-corrected chi connectivity index (χ4v) is 0.201. The molecule has 0 saturated carbocycles. The van der Waals surface area contributed by atoms with Crippen molar-refractivity contribution < 1.29 is 0 Å². The SMILES string of the molecule is C#CC=C(C)CN. The maximum absolute atomic E-state index is 5.19. The topological polar surface area (TPSA) is 26.0 Å². The summed E-state index contributed by atoms with van der Waals surface area (Å²) in [5, 5.41) is 0. The van der Waals surface area contributed by atoms with Gasteiger partial charge in [-0.15, -0.1) is 6.42 Å². The Morgan fingerprint density at radius 3 is 2.71 bits per heavy atom. The zero-order chi connectivity index (χ0) is 5.70. The fraction of sp³-hybridized carbons (Fsp3) is 0.333. The summed E-state index contributed by atoms with van der Waals surface area (Å²) in [4.78, 5) is 0. The summed E-state index contributed by atoms with van der Waals surface area (Å²) in [6.45, 7) is 2.46. The van der Waals surface area contributed by atoms with Crippen LogP contribution >= 0.6 is 0 Å². The minimum absolute atomic E-state index is 0.560. The minimum atomic E-state index is 0.560. The predicted octanol–water partition coefficient (Wildman–Crippen LogP) is 0.525. The molecule has 0 spiro atoms. The molecule has 0 heterocycles. The molecule has 0 radical (unpaired) electrons. The molecule has 7 heavy (non-hydrogen) atoms. The minimum Gasteiger partial charge on any atom is -0.327 e. The maximum atomic E-state index is 5.19. The summed E-state index contributed by atoms with van der Waals surface area (Å²) >= 11 is 0. The van der Waals surface area contributed by atoms with Crippen LogP contribution in [0, 0.1) is 12.3 Å². The summed E-state index contributed by atoms with van der Waals surface area (Å²) in [6.07, 6.45) is 6.59. The van der Waals surface area contributed by atoms with Crippen molar-refractivity contribution in [3.8, 4) is 12.3 Å². The largest absolute Gasteiger partial charge is 0.327 e. The number of nitrogens with two attached hydrogens (primary N) is 1. The molecule has 1 heteroatoms. The van der Waals surface area contributed by atoms with Gasteiger partial charge in [-0.05, 0) is 13.0 Å². The Kier molecular flexibility index (Phi) is 3.09. The van der Waals surface area contributed by atoms with Gasteiger partial charge in [-0.25, -0.2) is 0 Å². The van der Waals surface area contributed by atoms with Gasteiger partial charge in [0.2, 0.25) is 0 Å². The highest BCUT2D eigenvalue weighted by Gasteiger charge is 1.75. The van der Waals surface area contributed by atoms with Crippen molar-refractivity contribution in [2.75, 3.05) is 6.54 Å². The molecule has 0 aliphatic heterocycles. The second kappa shape index (κ2) is 3.45. The van der Waals surface area contributed by atoms with E-state index in [4.69, 9.17) is 12.2 Å². The van der Waals surface area contributed by atoms with Crippen molar-refractivity contribution in [1.29, 1.82) is 0 Å². The first-order chi connectivity index (χ1) is 3.31. The number of hydrogen-bond acceptors (Lipinski definition) is 1. The Bertz CT molecular complexity index is 106. The van der Waals surface area contributed by atoms with Crippen LogP contribution in [0.1, 0.15) is 6.92 Å². The molecule has 0 rings (SSSR count). The van der Waals surface area contributed by atoms with Gasteiger partial charge in [0.15, 0.2) is 0 Å². The standard InChI is InChI=1S/C6H9N/c1-3-4-6(2)5-7/h1,4H,5,7H2,2H3. The molecular formula is C6H9N. The van der Waals surface area contributed by atoms with E-state index in [0.717, 1.165) is 5.57 Å². The van der Waals surface area contributed by atoms with Gasteiger partial charge in [0, 0.05) is 6.54 Å². The lowest BCUT2D eigenvalue weighted by Crippen LogP contribution is -1.98. The maximum Gasteiger partial charge on any atom is 0.0143 e. The van der Waals surface area contributed by atoms with E-state index in [1.54, 1.807) is 6.08 Å². The molecule has 0 amide bonds. The van der Waals surface area contributed by atoms with Crippen LogP contribution in [0.5, 0.6) is 0 Å². The third kappa shape index (κ3) is 3.08. The van der Waals surface area contributed by atoms with Gasteiger partial charge in [-0.2, -0.15) is 0 Å². The van der Waals surface area contributed by atoms with Gasteiger partial charge in [0.05, 0.1) is 0 Å². The van der Waals surface area contributed by atoms with Gasteiger partial charge in [-0.3, -0.25) is 0 Å². The van der Waals surface area contributed by atoms with Crippen LogP contribution in [-0.2, 0) is 0 Å². The predicted molar refractivity (Wildman–Crippen MR) is 31.6 cm³/mol. The molecule has 0 aliphatic rings. The first-order valence-electron chi connectivity index (χ1n) is 2.13. The highest BCUT2D eigenvalue weighted by molar-refractivity contribution is 5.16. The third-order valence-corrected chi connectivity index (χ3v) is 0.652. The van der Waals surface area contributed by atoms with Gasteiger partial charge in [0.1, 0.15) is 0 Å². The normalized spacial score (nSPS) is 10.7. The van der Waals surface area contributed by atoms with Gasteiger partial charge < -0.3 is 5.73 Å². The number of hydrogen-bond donors (Lipinski definition) is 1. The summed E-state index contributed by atoms with van der Waals surface area (Å²) in [5.41, 5.74) is 6.24. The van der Waals surface area contributed by atoms with Crippen molar-refractivity contribution >= 4 is 0 Å². The van der Waals surface area contributed by atoms with Gasteiger partial charge >= 0.3 is 0 Å². The van der Waals surface area contributed by atoms with E-state index in [0.29, 0.717) is 6.54 Å². The van der Waals surface area contributed by atoms with Crippen molar-refractivity contribution in [3.05, 3.63) is 11.6 Å². The molecule has 0 aromatic carbocycles. The molecule has 1 nitrogen and oxygen atoms in total. The molecule has 0 aliphatic carbocycles. The van der Waals surface area contributed by atoms with Crippen LogP contribution in [0.2, 0.25) is 0 Å². The lowest BCUT2D eigenvalue weighted by atomic mass is 10.3. The molecule has 0 atom stereocenters. The van der Waals surface area contributed by atoms with E-state index < -0.39 is 0 Å². The molecule has 0 bridgehead atoms. The number of terminal acetylenes is 1. The van der Waals surface area contributed by atoms with Crippen LogP contribution in [0.25, 0.3) is 0 Å². The quantitative estimate of drug-likeness (QED) is 0.472. The van der Waals surface area contributed by atoms with E-state index in [1.807, 2.05) is 6.92 Å². The van der Waals surface area contributed by atoms with Crippen LogP contribution < -0.4 is 5.73 Å². The first-order valence-corrected chi connectivity index (χ1v) is 2.13. The van der Waals surface area contributed by atoms with Crippen LogP contribution in [-0.4, -0.2) is 6.54 Å². The van der Waals surface area contributed by atoms with Crippen molar-refractivity contribution in [2.45, 2.75) is 6.92 Å². The fourth-order valence-electron chi connectivity index (χ4n) is 0.201. The lowest BCUT2D eigenvalue weighted by Gasteiger charge is -1.85. The Morgan fingerprint density at radius 2 is 2.57 bits per heavy atom. The second-order valence-electron chi connectivity index (χ2n) is 1.36. The monoisotopic (exact) mass is 95.1 g/mol. The van der Waals surface area contributed by atoms with Crippen molar-refractivity contribution in [2.24, 2.45) is 5.73 Å². The van der Waals surface area contributed by atoms with E-state index >= 15 is 0 Å².